The highest BCUT2D eigenvalue weighted by Gasteiger charge is 2.19. The molecule has 2 nitrogen and oxygen atoms in total. The highest BCUT2D eigenvalue weighted by molar-refractivity contribution is 5.27. The van der Waals surface area contributed by atoms with Crippen LogP contribution in [0.3, 0.4) is 0 Å². The minimum Gasteiger partial charge on any atom is -0.396 e. The van der Waals surface area contributed by atoms with Gasteiger partial charge < -0.3 is 10.2 Å². The van der Waals surface area contributed by atoms with E-state index in [1.807, 2.05) is 32.9 Å². The maximum atomic E-state index is 10.0. The summed E-state index contributed by atoms with van der Waals surface area (Å²) in [6.45, 7) is 8.28. The number of hydrogen-bond donors (Lipinski definition) is 2. The molecule has 0 bridgehead atoms. The SMILES string of the molecule is CC(C)[C@@H](O)[C@@H](C)c1ccc([C@@H](C)CO)cc1. The van der Waals surface area contributed by atoms with Crippen LogP contribution in [0.15, 0.2) is 24.3 Å². The second kappa shape index (κ2) is 6.18. The van der Waals surface area contributed by atoms with Crippen LogP contribution in [0.5, 0.6) is 0 Å². The van der Waals surface area contributed by atoms with Crippen LogP contribution in [0.4, 0.5) is 0 Å². The van der Waals surface area contributed by atoms with Crippen LogP contribution in [0.2, 0.25) is 0 Å². The average Bonchev–Trinajstić information content (AvgIpc) is 2.36. The number of rotatable bonds is 5. The molecule has 0 spiro atoms. The van der Waals surface area contributed by atoms with Crippen molar-refractivity contribution >= 4 is 0 Å². The standard InChI is InChI=1S/C15H24O2/c1-10(2)15(17)12(4)14-7-5-13(6-8-14)11(3)9-16/h5-8,10-12,15-17H,9H2,1-4H3/t11-,12-,15+/m0/s1. The van der Waals surface area contributed by atoms with Crippen LogP contribution in [0.25, 0.3) is 0 Å². The summed E-state index contributed by atoms with van der Waals surface area (Å²) in [5, 5.41) is 19.1. The minimum atomic E-state index is -0.309. The Morgan fingerprint density at radius 3 is 1.82 bits per heavy atom. The molecule has 0 amide bonds. The highest BCUT2D eigenvalue weighted by Crippen LogP contribution is 2.25. The number of hydrogen-bond acceptors (Lipinski definition) is 2. The molecule has 0 saturated heterocycles. The molecule has 2 heteroatoms. The topological polar surface area (TPSA) is 40.5 Å². The average molecular weight is 236 g/mol. The van der Waals surface area contributed by atoms with Gasteiger partial charge >= 0.3 is 0 Å². The molecule has 0 aliphatic rings. The van der Waals surface area contributed by atoms with Crippen molar-refractivity contribution in [2.75, 3.05) is 6.61 Å². The van der Waals surface area contributed by atoms with E-state index in [-0.39, 0.29) is 30.5 Å². The van der Waals surface area contributed by atoms with Crippen LogP contribution >= 0.6 is 0 Å². The van der Waals surface area contributed by atoms with Crippen LogP contribution in [0.1, 0.15) is 50.7 Å². The normalized spacial score (nSPS) is 16.9. The van der Waals surface area contributed by atoms with E-state index in [0.29, 0.717) is 0 Å². The molecule has 0 saturated carbocycles. The molecule has 3 atom stereocenters. The largest absolute Gasteiger partial charge is 0.396 e. The summed E-state index contributed by atoms with van der Waals surface area (Å²) in [5.74, 6) is 0.587. The first-order valence-electron chi connectivity index (χ1n) is 6.36. The van der Waals surface area contributed by atoms with Gasteiger partial charge in [0.1, 0.15) is 0 Å². The fourth-order valence-corrected chi connectivity index (χ4v) is 2.01. The van der Waals surface area contributed by atoms with Gasteiger partial charge in [0, 0.05) is 18.4 Å². The third kappa shape index (κ3) is 3.55. The van der Waals surface area contributed by atoms with Crippen molar-refractivity contribution in [3.8, 4) is 0 Å². The lowest BCUT2D eigenvalue weighted by molar-refractivity contribution is 0.102. The summed E-state index contributed by atoms with van der Waals surface area (Å²) in [4.78, 5) is 0. The van der Waals surface area contributed by atoms with Gasteiger partial charge in [-0.05, 0) is 17.0 Å². The smallest absolute Gasteiger partial charge is 0.0628 e. The molecule has 1 aromatic carbocycles. The molecular formula is C15H24O2. The summed E-state index contributed by atoms with van der Waals surface area (Å²) in [6.07, 6.45) is -0.309. The molecule has 2 N–H and O–H groups in total. The molecular weight excluding hydrogens is 212 g/mol. The minimum absolute atomic E-state index is 0.147. The molecule has 1 aromatic rings. The Balaban J connectivity index is 2.80. The summed E-state index contributed by atoms with van der Waals surface area (Å²) in [6, 6.07) is 8.19. The van der Waals surface area contributed by atoms with Gasteiger partial charge in [-0.2, -0.15) is 0 Å². The second-order valence-corrected chi connectivity index (χ2v) is 5.27. The Labute approximate surface area is 104 Å². The Morgan fingerprint density at radius 2 is 1.41 bits per heavy atom. The van der Waals surface area contributed by atoms with Gasteiger partial charge in [0.2, 0.25) is 0 Å². The second-order valence-electron chi connectivity index (χ2n) is 5.27. The summed E-state index contributed by atoms with van der Waals surface area (Å²) in [7, 11) is 0. The van der Waals surface area contributed by atoms with Crippen molar-refractivity contribution in [3.05, 3.63) is 35.4 Å². The molecule has 0 unspecified atom stereocenters. The maximum absolute atomic E-state index is 10.0. The Kier molecular flexibility index (Phi) is 5.16. The molecule has 0 fully saturated rings. The Morgan fingerprint density at radius 1 is 0.941 bits per heavy atom. The van der Waals surface area contributed by atoms with E-state index >= 15 is 0 Å². The van der Waals surface area contributed by atoms with Gasteiger partial charge in [0.15, 0.2) is 0 Å². The number of aliphatic hydroxyl groups excluding tert-OH is 2. The molecule has 0 aliphatic carbocycles. The van der Waals surface area contributed by atoms with E-state index in [9.17, 15) is 5.11 Å². The number of benzene rings is 1. The lowest BCUT2D eigenvalue weighted by Crippen LogP contribution is -2.22. The van der Waals surface area contributed by atoms with Gasteiger partial charge in [-0.1, -0.05) is 52.0 Å². The predicted octanol–water partition coefficient (Wildman–Crippen LogP) is 2.90. The van der Waals surface area contributed by atoms with E-state index in [1.54, 1.807) is 0 Å². The fourth-order valence-electron chi connectivity index (χ4n) is 2.01. The van der Waals surface area contributed by atoms with Crippen LogP contribution in [0, 0.1) is 5.92 Å². The van der Waals surface area contributed by atoms with Crippen molar-refractivity contribution in [3.63, 3.8) is 0 Å². The van der Waals surface area contributed by atoms with Crippen LogP contribution < -0.4 is 0 Å². The molecule has 96 valence electrons. The van der Waals surface area contributed by atoms with Crippen molar-refractivity contribution < 1.29 is 10.2 Å². The van der Waals surface area contributed by atoms with E-state index in [4.69, 9.17) is 5.11 Å². The zero-order chi connectivity index (χ0) is 13.0. The first-order chi connectivity index (χ1) is 7.97. The van der Waals surface area contributed by atoms with E-state index in [0.717, 1.165) is 11.1 Å². The van der Waals surface area contributed by atoms with Gasteiger partial charge in [-0.3, -0.25) is 0 Å². The Bertz CT molecular complexity index is 329. The third-order valence-corrected chi connectivity index (χ3v) is 3.50. The summed E-state index contributed by atoms with van der Waals surface area (Å²) < 4.78 is 0. The molecule has 0 aromatic heterocycles. The third-order valence-electron chi connectivity index (χ3n) is 3.50. The lowest BCUT2D eigenvalue weighted by atomic mass is 9.88. The quantitative estimate of drug-likeness (QED) is 0.825. The molecule has 0 heterocycles. The van der Waals surface area contributed by atoms with Gasteiger partial charge in [0.05, 0.1) is 6.10 Å². The van der Waals surface area contributed by atoms with Crippen LogP contribution in [-0.4, -0.2) is 22.9 Å². The van der Waals surface area contributed by atoms with Crippen molar-refractivity contribution in [2.45, 2.75) is 45.6 Å². The molecule has 0 radical (unpaired) electrons. The Hall–Kier alpha value is -0.860. The van der Waals surface area contributed by atoms with Crippen molar-refractivity contribution in [1.82, 2.24) is 0 Å². The monoisotopic (exact) mass is 236 g/mol. The van der Waals surface area contributed by atoms with Crippen molar-refractivity contribution in [1.29, 1.82) is 0 Å². The molecule has 0 aliphatic heterocycles. The molecule has 17 heavy (non-hydrogen) atoms. The fraction of sp³-hybridized carbons (Fsp3) is 0.600. The predicted molar refractivity (Wildman–Crippen MR) is 71.2 cm³/mol. The molecule has 1 rings (SSSR count). The first-order valence-corrected chi connectivity index (χ1v) is 6.36. The van der Waals surface area contributed by atoms with Gasteiger partial charge in [-0.15, -0.1) is 0 Å². The number of aliphatic hydroxyl groups is 2. The van der Waals surface area contributed by atoms with E-state index < -0.39 is 0 Å². The van der Waals surface area contributed by atoms with Gasteiger partial charge in [-0.25, -0.2) is 0 Å². The lowest BCUT2D eigenvalue weighted by Gasteiger charge is -2.23. The summed E-state index contributed by atoms with van der Waals surface area (Å²) in [5.41, 5.74) is 2.29. The van der Waals surface area contributed by atoms with Crippen LogP contribution in [-0.2, 0) is 0 Å². The highest BCUT2D eigenvalue weighted by atomic mass is 16.3. The van der Waals surface area contributed by atoms with E-state index in [2.05, 4.69) is 19.1 Å². The maximum Gasteiger partial charge on any atom is 0.0628 e. The van der Waals surface area contributed by atoms with E-state index in [1.165, 1.54) is 0 Å². The zero-order valence-corrected chi connectivity index (χ0v) is 11.2. The summed E-state index contributed by atoms with van der Waals surface area (Å²) >= 11 is 0. The first kappa shape index (κ1) is 14.2. The van der Waals surface area contributed by atoms with Crippen molar-refractivity contribution in [2.24, 2.45) is 5.92 Å². The van der Waals surface area contributed by atoms with Gasteiger partial charge in [0.25, 0.3) is 0 Å². The zero-order valence-electron chi connectivity index (χ0n) is 11.2.